The molecule has 11 nitrogen and oxygen atoms in total. The van der Waals surface area contributed by atoms with Crippen molar-refractivity contribution in [1.29, 1.82) is 0 Å². The fourth-order valence-corrected chi connectivity index (χ4v) is 15.0. The van der Waals surface area contributed by atoms with Gasteiger partial charge < -0.3 is 52.6 Å². The smallest absolute Gasteiger partial charge is 0.412 e. The highest BCUT2D eigenvalue weighted by atomic mass is 16.7. The summed E-state index contributed by atoms with van der Waals surface area (Å²) in [5, 5.41) is 7.54. The summed E-state index contributed by atoms with van der Waals surface area (Å²) in [4.78, 5) is 0. The van der Waals surface area contributed by atoms with E-state index in [-0.39, 0.29) is 69.9 Å². The topological polar surface area (TPSA) is 133 Å². The summed E-state index contributed by atoms with van der Waals surface area (Å²) in [6, 6.07) is 105. The molecular weight excluding hydrogens is 1330 g/mol. The van der Waals surface area contributed by atoms with Crippen molar-refractivity contribution in [2.24, 2.45) is 0 Å². The monoisotopic (exact) mass is 1430 g/mol. The second-order valence-electron chi connectivity index (χ2n) is 30.8. The SMILES string of the molecule is C.C.C.CC1(C)OB(CB2OC(C)(C)C(C)(C)O2)OC1(C)C.CC1(C)OB(c2cc(-c3ccccc3)cc(-n3c4ccccc4c4ccccc43)c2)OC1(C)C.O.O.c1ccc(-c2cc(-c3cc(-c4ccccc4)cc(-n4c5ccccc5c5ccccc54)c3)cc(-n3c4ccccc4c4ccccc43)c2)cc1. The Morgan fingerprint density at radius 3 is 0.694 bits per heavy atom. The molecule has 4 N–H and O–H groups in total. The van der Waals surface area contributed by atoms with Crippen LogP contribution in [0.4, 0.5) is 0 Å². The Morgan fingerprint density at radius 1 is 0.231 bits per heavy atom. The molecule has 3 aromatic heterocycles. The summed E-state index contributed by atoms with van der Waals surface area (Å²) in [5.41, 5.74) is 19.0. The van der Waals surface area contributed by atoms with Crippen molar-refractivity contribution in [3.63, 3.8) is 0 Å². The average molecular weight is 1430 g/mol. The number of rotatable bonds is 10. The van der Waals surface area contributed by atoms with Crippen molar-refractivity contribution in [2.45, 2.75) is 145 Å². The van der Waals surface area contributed by atoms with Crippen LogP contribution in [0.15, 0.2) is 291 Å². The molecule has 0 spiro atoms. The van der Waals surface area contributed by atoms with E-state index in [0.29, 0.717) is 6.22 Å². The Bertz CT molecular complexity index is 5250. The molecule has 108 heavy (non-hydrogen) atoms. The Hall–Kier alpha value is -10.1. The van der Waals surface area contributed by atoms with Crippen LogP contribution >= 0.6 is 0 Å². The van der Waals surface area contributed by atoms with Crippen molar-refractivity contribution < 1.29 is 38.9 Å². The van der Waals surface area contributed by atoms with Gasteiger partial charge in [-0.1, -0.05) is 229 Å². The molecule has 0 unspecified atom stereocenters. The maximum atomic E-state index is 6.46. The van der Waals surface area contributed by atoms with E-state index in [1.807, 2.05) is 0 Å². The van der Waals surface area contributed by atoms with Crippen molar-refractivity contribution in [2.75, 3.05) is 0 Å². The van der Waals surface area contributed by atoms with Gasteiger partial charge in [0, 0.05) is 55.6 Å². The Balaban J connectivity index is 0.000000174. The molecule has 0 atom stereocenters. The van der Waals surface area contributed by atoms with Gasteiger partial charge in [-0.25, -0.2) is 0 Å². The molecule has 0 radical (unpaired) electrons. The van der Waals surface area contributed by atoms with E-state index in [0.717, 1.165) is 28.1 Å². The third kappa shape index (κ3) is 14.4. The zero-order valence-electron chi connectivity index (χ0n) is 61.9. The molecule has 12 aromatic carbocycles. The van der Waals surface area contributed by atoms with Gasteiger partial charge in [-0.3, -0.25) is 0 Å². The Kier molecular flexibility index (Phi) is 22.3. The van der Waals surface area contributed by atoms with Gasteiger partial charge in [0.05, 0.1) is 66.7 Å². The largest absolute Gasteiger partial charge is 0.494 e. The molecule has 550 valence electrons. The minimum Gasteiger partial charge on any atom is -0.412 e. The molecule has 3 saturated heterocycles. The fraction of sp³-hybridized carbons (Fsp3) is 0.234. The highest BCUT2D eigenvalue weighted by Gasteiger charge is 2.57. The summed E-state index contributed by atoms with van der Waals surface area (Å²) in [6.45, 7) is 24.8. The molecule has 15 aromatic rings. The first-order valence-electron chi connectivity index (χ1n) is 36.1. The first-order valence-corrected chi connectivity index (χ1v) is 36.1. The lowest BCUT2D eigenvalue weighted by Gasteiger charge is -2.32. The number of fused-ring (bicyclic) bond motifs is 9. The normalized spacial score (nSPS) is 16.2. The lowest BCUT2D eigenvalue weighted by Crippen LogP contribution is -2.41. The predicted octanol–water partition coefficient (Wildman–Crippen LogP) is 22.6. The summed E-state index contributed by atoms with van der Waals surface area (Å²) in [7, 11) is -0.986. The van der Waals surface area contributed by atoms with Crippen molar-refractivity contribution in [1.82, 2.24) is 13.7 Å². The van der Waals surface area contributed by atoms with Gasteiger partial charge in [0.2, 0.25) is 0 Å². The van der Waals surface area contributed by atoms with Crippen LogP contribution in [0, 0.1) is 0 Å². The molecule has 18 rings (SSSR count). The van der Waals surface area contributed by atoms with Crippen molar-refractivity contribution in [3.8, 4) is 61.6 Å². The van der Waals surface area contributed by atoms with E-state index >= 15 is 0 Å². The summed E-state index contributed by atoms with van der Waals surface area (Å²) < 4.78 is 44.0. The third-order valence-corrected chi connectivity index (χ3v) is 22.5. The van der Waals surface area contributed by atoms with Crippen LogP contribution < -0.4 is 5.46 Å². The standard InChI is InChI=1S/C48H32N2.C30H28BNO2.C13H26B2O4.3CH4.2H2O/c1-3-15-33(16-4-1)35-27-37(31-39(29-35)49-45-23-11-7-19-41(45)42-20-8-12-24-46(42)49)38-28-36(34-17-5-2-6-18-34)30-40(32-38)50-47-25-13-9-21-43(47)44-22-10-14-26-48(44)50;1-29(2)30(3,4)34-31(33-29)23-18-22(21-12-6-5-7-13-21)19-24(20-23)32-27-16-10-8-14-25(27)26-15-9-11-17-28(26)32;1-10(2)11(3,4)17-14(16-10)9-15-18-12(5,6)13(7,8)19-15;;;;;/h1-32H;5-20H,1-4H3;9H2,1-8H3;3*1H4;2*1H2. The molecule has 14 heteroatoms. The number of hydrogen-bond donors (Lipinski definition) is 0. The van der Waals surface area contributed by atoms with E-state index in [9.17, 15) is 0 Å². The molecule has 0 aliphatic carbocycles. The van der Waals surface area contributed by atoms with E-state index < -0.39 is 18.3 Å². The average Bonchev–Trinajstić information content (AvgIpc) is 1.55. The molecule has 0 bridgehead atoms. The van der Waals surface area contributed by atoms with Gasteiger partial charge >= 0.3 is 21.4 Å². The maximum absolute atomic E-state index is 6.46. The Morgan fingerprint density at radius 2 is 0.435 bits per heavy atom. The van der Waals surface area contributed by atoms with Gasteiger partial charge in [0.15, 0.2) is 0 Å². The lowest BCUT2D eigenvalue weighted by atomic mass is 9.64. The molecule has 3 aliphatic rings. The summed E-state index contributed by atoms with van der Waals surface area (Å²) in [5.74, 6) is 0. The van der Waals surface area contributed by atoms with Crippen molar-refractivity contribution in [3.05, 3.63) is 291 Å². The van der Waals surface area contributed by atoms with Crippen molar-refractivity contribution >= 4 is 92.2 Å². The molecule has 3 aliphatic heterocycles. The van der Waals surface area contributed by atoms with Crippen LogP contribution in [-0.2, 0) is 27.9 Å². The summed E-state index contributed by atoms with van der Waals surface area (Å²) >= 11 is 0. The number of nitrogens with zero attached hydrogens (tertiary/aromatic N) is 3. The number of para-hydroxylation sites is 6. The quantitative estimate of drug-likeness (QED) is 0.125. The first kappa shape index (κ1) is 79.0. The number of benzene rings is 12. The van der Waals surface area contributed by atoms with Gasteiger partial charge in [0.25, 0.3) is 0 Å². The van der Waals surface area contributed by atoms with Gasteiger partial charge in [0.1, 0.15) is 0 Å². The van der Waals surface area contributed by atoms with E-state index in [1.165, 1.54) is 104 Å². The third-order valence-electron chi connectivity index (χ3n) is 22.5. The van der Waals surface area contributed by atoms with Crippen LogP contribution in [0.3, 0.4) is 0 Å². The molecule has 0 amide bonds. The lowest BCUT2D eigenvalue weighted by molar-refractivity contribution is 0.00578. The van der Waals surface area contributed by atoms with Crippen LogP contribution in [-0.4, -0.2) is 79.6 Å². The molecule has 3 fully saturated rings. The maximum Gasteiger partial charge on any atom is 0.494 e. The molecular formula is C94H102B3N3O8. The first-order chi connectivity index (χ1) is 49.5. The second kappa shape index (κ2) is 30.5. The number of aromatic nitrogens is 3. The van der Waals surface area contributed by atoms with Gasteiger partial charge in [-0.15, -0.1) is 0 Å². The van der Waals surface area contributed by atoms with E-state index in [2.05, 4.69) is 388 Å². The second-order valence-corrected chi connectivity index (χ2v) is 30.8. The van der Waals surface area contributed by atoms with E-state index in [1.54, 1.807) is 0 Å². The number of hydrogen-bond acceptors (Lipinski definition) is 6. The van der Waals surface area contributed by atoms with Gasteiger partial charge in [-0.2, -0.15) is 0 Å². The fourth-order valence-electron chi connectivity index (χ4n) is 15.0. The minimum atomic E-state index is -0.430. The zero-order valence-corrected chi connectivity index (χ0v) is 61.9. The van der Waals surface area contributed by atoms with Gasteiger partial charge in [-0.05, 0) is 218 Å². The van der Waals surface area contributed by atoms with Crippen LogP contribution in [0.5, 0.6) is 0 Å². The minimum absolute atomic E-state index is 0. The highest BCUT2D eigenvalue weighted by molar-refractivity contribution is 6.65. The predicted molar refractivity (Wildman–Crippen MR) is 458 cm³/mol. The molecule has 6 heterocycles. The zero-order chi connectivity index (χ0) is 71.2. The summed E-state index contributed by atoms with van der Waals surface area (Å²) in [6.07, 6.45) is 0.597. The van der Waals surface area contributed by atoms with E-state index in [4.69, 9.17) is 27.9 Å². The Labute approximate surface area is 639 Å². The molecule has 0 saturated carbocycles. The van der Waals surface area contributed by atoms with Crippen LogP contribution in [0.2, 0.25) is 6.22 Å². The van der Waals surface area contributed by atoms with Crippen LogP contribution in [0.25, 0.3) is 127 Å². The van der Waals surface area contributed by atoms with Crippen LogP contribution in [0.1, 0.15) is 105 Å². The highest BCUT2D eigenvalue weighted by Crippen LogP contribution is 2.45.